The molecule has 7 heteroatoms. The van der Waals surface area contributed by atoms with E-state index in [-0.39, 0.29) is 24.4 Å². The fraction of sp³-hybridized carbons (Fsp3) is 0.750. The van der Waals surface area contributed by atoms with E-state index in [1.54, 1.807) is 0 Å². The van der Waals surface area contributed by atoms with Crippen LogP contribution in [-0.2, 0) is 17.6 Å². The first-order chi connectivity index (χ1) is 8.65. The molecule has 1 aromatic rings. The van der Waals surface area contributed by atoms with Crippen LogP contribution in [0.5, 0.6) is 0 Å². The van der Waals surface area contributed by atoms with Crippen molar-refractivity contribution in [3.05, 3.63) is 11.7 Å². The summed E-state index contributed by atoms with van der Waals surface area (Å²) in [7, 11) is 0. The van der Waals surface area contributed by atoms with Gasteiger partial charge < -0.3 is 15.6 Å². The van der Waals surface area contributed by atoms with Crippen molar-refractivity contribution in [3.8, 4) is 0 Å². The topological polar surface area (TPSA) is 94.0 Å². The van der Waals surface area contributed by atoms with E-state index in [1.165, 1.54) is 0 Å². The molecule has 1 amide bonds. The second kappa shape index (κ2) is 9.75. The first kappa shape index (κ1) is 17.9. The van der Waals surface area contributed by atoms with Crippen LogP contribution in [-0.4, -0.2) is 28.6 Å². The van der Waals surface area contributed by atoms with Crippen LogP contribution in [0.3, 0.4) is 0 Å². The lowest BCUT2D eigenvalue weighted by Gasteiger charge is -2.10. The molecule has 1 aromatic heterocycles. The number of amides is 1. The Bertz CT molecular complexity index is 370. The van der Waals surface area contributed by atoms with Crippen LogP contribution in [0.15, 0.2) is 4.52 Å². The molecular weight excluding hydrogens is 268 g/mol. The van der Waals surface area contributed by atoms with Crippen LogP contribution in [0.25, 0.3) is 0 Å². The number of carbonyl (C=O) groups is 1. The third-order valence-electron chi connectivity index (χ3n) is 2.54. The van der Waals surface area contributed by atoms with Gasteiger partial charge in [-0.1, -0.05) is 12.1 Å². The molecule has 6 nitrogen and oxygen atoms in total. The highest BCUT2D eigenvalue weighted by molar-refractivity contribution is 5.85. The molecule has 0 unspecified atom stereocenters. The second-order valence-electron chi connectivity index (χ2n) is 4.41. The molecule has 1 atom stereocenters. The number of hydrogen-bond acceptors (Lipinski definition) is 5. The Kier molecular flexibility index (Phi) is 9.16. The molecule has 0 radical (unpaired) electrons. The van der Waals surface area contributed by atoms with Crippen molar-refractivity contribution in [2.45, 2.75) is 52.0 Å². The molecule has 0 aliphatic rings. The van der Waals surface area contributed by atoms with Crippen molar-refractivity contribution in [1.29, 1.82) is 0 Å². The number of rotatable bonds is 8. The third kappa shape index (κ3) is 7.12. The van der Waals surface area contributed by atoms with Crippen molar-refractivity contribution >= 4 is 18.3 Å². The van der Waals surface area contributed by atoms with E-state index in [9.17, 15) is 4.79 Å². The Morgan fingerprint density at radius 3 is 2.84 bits per heavy atom. The summed E-state index contributed by atoms with van der Waals surface area (Å²) >= 11 is 0. The molecule has 0 fully saturated rings. The number of nitrogens with two attached hydrogens (primary N) is 1. The monoisotopic (exact) mass is 290 g/mol. The van der Waals surface area contributed by atoms with Crippen molar-refractivity contribution in [2.75, 3.05) is 6.54 Å². The van der Waals surface area contributed by atoms with Gasteiger partial charge in [0.25, 0.3) is 0 Å². The van der Waals surface area contributed by atoms with Gasteiger partial charge >= 0.3 is 0 Å². The number of carbonyl (C=O) groups excluding carboxylic acids is 1. The summed E-state index contributed by atoms with van der Waals surface area (Å²) in [5, 5.41) is 6.67. The fourth-order valence-corrected chi connectivity index (χ4v) is 1.52. The highest BCUT2D eigenvalue weighted by Gasteiger charge is 2.08. The standard InChI is InChI=1S/C12H22N4O2.ClH/c1-3-5-10-15-12(18-16-10)7-4-6-11(17)14-9(2)8-13;/h9H,3-8,13H2,1-2H3,(H,14,17);1H/t9-;/m0./s1. The van der Waals surface area contributed by atoms with E-state index in [4.69, 9.17) is 10.3 Å². The summed E-state index contributed by atoms with van der Waals surface area (Å²) in [5.41, 5.74) is 5.42. The van der Waals surface area contributed by atoms with Crippen molar-refractivity contribution in [3.63, 3.8) is 0 Å². The Morgan fingerprint density at radius 1 is 1.47 bits per heavy atom. The molecule has 0 aliphatic carbocycles. The Labute approximate surface area is 119 Å². The van der Waals surface area contributed by atoms with Crippen LogP contribution in [0.2, 0.25) is 0 Å². The Morgan fingerprint density at radius 2 is 2.21 bits per heavy atom. The number of nitrogens with zero attached hydrogens (tertiary/aromatic N) is 2. The summed E-state index contributed by atoms with van der Waals surface area (Å²) in [5.74, 6) is 1.37. The van der Waals surface area contributed by atoms with Crippen LogP contribution < -0.4 is 11.1 Å². The minimum absolute atomic E-state index is 0. The van der Waals surface area contributed by atoms with Gasteiger partial charge in [0.2, 0.25) is 11.8 Å². The van der Waals surface area contributed by atoms with Crippen molar-refractivity contribution in [1.82, 2.24) is 15.5 Å². The van der Waals surface area contributed by atoms with Crippen molar-refractivity contribution in [2.24, 2.45) is 5.73 Å². The molecule has 3 N–H and O–H groups in total. The van der Waals surface area contributed by atoms with Crippen LogP contribution >= 0.6 is 12.4 Å². The number of halogens is 1. The lowest BCUT2D eigenvalue weighted by atomic mass is 10.2. The first-order valence-electron chi connectivity index (χ1n) is 6.46. The minimum atomic E-state index is 0. The highest BCUT2D eigenvalue weighted by atomic mass is 35.5. The van der Waals surface area contributed by atoms with Gasteiger partial charge in [-0.3, -0.25) is 4.79 Å². The van der Waals surface area contributed by atoms with E-state index in [0.29, 0.717) is 31.7 Å². The zero-order valence-corrected chi connectivity index (χ0v) is 12.3. The minimum Gasteiger partial charge on any atom is -0.352 e. The Hall–Kier alpha value is -1.14. The van der Waals surface area contributed by atoms with E-state index in [1.807, 2.05) is 6.92 Å². The molecule has 0 saturated heterocycles. The van der Waals surface area contributed by atoms with E-state index < -0.39 is 0 Å². The zero-order valence-electron chi connectivity index (χ0n) is 11.5. The molecule has 1 heterocycles. The highest BCUT2D eigenvalue weighted by Crippen LogP contribution is 2.04. The predicted molar refractivity (Wildman–Crippen MR) is 75.1 cm³/mol. The summed E-state index contributed by atoms with van der Waals surface area (Å²) in [6, 6.07) is 0.0251. The zero-order chi connectivity index (χ0) is 13.4. The number of aromatic nitrogens is 2. The maximum Gasteiger partial charge on any atom is 0.226 e. The van der Waals surface area contributed by atoms with E-state index >= 15 is 0 Å². The van der Waals surface area contributed by atoms with Crippen LogP contribution in [0.4, 0.5) is 0 Å². The van der Waals surface area contributed by atoms with Crippen LogP contribution in [0, 0.1) is 0 Å². The smallest absolute Gasteiger partial charge is 0.226 e. The number of aryl methyl sites for hydroxylation is 2. The van der Waals surface area contributed by atoms with E-state index in [2.05, 4.69) is 22.4 Å². The van der Waals surface area contributed by atoms with Gasteiger partial charge in [0.1, 0.15) is 0 Å². The van der Waals surface area contributed by atoms with Gasteiger partial charge in [-0.05, 0) is 19.8 Å². The quantitative estimate of drug-likeness (QED) is 0.751. The molecule has 0 aliphatic heterocycles. The fourth-order valence-electron chi connectivity index (χ4n) is 1.52. The maximum absolute atomic E-state index is 11.5. The number of nitrogens with one attached hydrogen (secondary N) is 1. The van der Waals surface area contributed by atoms with Gasteiger partial charge in [-0.2, -0.15) is 4.98 Å². The molecule has 0 bridgehead atoms. The van der Waals surface area contributed by atoms with Gasteiger partial charge in [0.15, 0.2) is 5.82 Å². The maximum atomic E-state index is 11.5. The molecule has 0 spiro atoms. The predicted octanol–water partition coefficient (Wildman–Crippen LogP) is 1.23. The third-order valence-corrected chi connectivity index (χ3v) is 2.54. The lowest BCUT2D eigenvalue weighted by molar-refractivity contribution is -0.121. The number of hydrogen-bond donors (Lipinski definition) is 2. The molecule has 110 valence electrons. The molecular formula is C12H23ClN4O2. The lowest BCUT2D eigenvalue weighted by Crippen LogP contribution is -2.37. The molecule has 0 saturated carbocycles. The normalized spacial score (nSPS) is 11.7. The summed E-state index contributed by atoms with van der Waals surface area (Å²) in [6.45, 7) is 4.40. The average molecular weight is 291 g/mol. The second-order valence-corrected chi connectivity index (χ2v) is 4.41. The van der Waals surface area contributed by atoms with Gasteiger partial charge in [0.05, 0.1) is 0 Å². The molecule has 0 aromatic carbocycles. The average Bonchev–Trinajstić information content (AvgIpc) is 2.77. The first-order valence-corrected chi connectivity index (χ1v) is 6.46. The SMILES string of the molecule is CCCc1noc(CCCC(=O)N[C@@H](C)CN)n1.Cl. The van der Waals surface area contributed by atoms with E-state index in [0.717, 1.165) is 18.7 Å². The van der Waals surface area contributed by atoms with Gasteiger partial charge in [-0.25, -0.2) is 0 Å². The van der Waals surface area contributed by atoms with Gasteiger partial charge in [-0.15, -0.1) is 12.4 Å². The summed E-state index contributed by atoms with van der Waals surface area (Å²) < 4.78 is 5.09. The molecule has 19 heavy (non-hydrogen) atoms. The largest absolute Gasteiger partial charge is 0.352 e. The van der Waals surface area contributed by atoms with Gasteiger partial charge in [0, 0.05) is 31.8 Å². The van der Waals surface area contributed by atoms with Crippen molar-refractivity contribution < 1.29 is 9.32 Å². The molecule has 1 rings (SSSR count). The van der Waals surface area contributed by atoms with Crippen LogP contribution in [0.1, 0.15) is 44.8 Å². The summed E-state index contributed by atoms with van der Waals surface area (Å²) in [6.07, 6.45) is 3.63. The summed E-state index contributed by atoms with van der Waals surface area (Å²) in [4.78, 5) is 15.7. The Balaban J connectivity index is 0.00000324.